The molecule has 0 aromatic carbocycles. The molecule has 4 atom stereocenters. The van der Waals surface area contributed by atoms with E-state index in [0.717, 1.165) is 29.7 Å². The molecule has 84 valence electrons. The number of rotatable bonds is 1. The zero-order valence-corrected chi connectivity index (χ0v) is 9.49. The van der Waals surface area contributed by atoms with Gasteiger partial charge in [0.25, 0.3) is 0 Å². The van der Waals surface area contributed by atoms with E-state index >= 15 is 0 Å². The first-order valence-electron chi connectivity index (χ1n) is 6.90. The Morgan fingerprint density at radius 3 is 2.53 bits per heavy atom. The van der Waals surface area contributed by atoms with Gasteiger partial charge in [-0.1, -0.05) is 0 Å². The van der Waals surface area contributed by atoms with Gasteiger partial charge in [-0.3, -0.25) is 4.90 Å². The second kappa shape index (κ2) is 3.21. The van der Waals surface area contributed by atoms with Gasteiger partial charge in [-0.05, 0) is 62.4 Å². The van der Waals surface area contributed by atoms with Crippen molar-refractivity contribution in [3.63, 3.8) is 0 Å². The maximum atomic E-state index is 3.52. The smallest absolute Gasteiger partial charge is 0.0164 e. The van der Waals surface area contributed by atoms with Crippen LogP contribution >= 0.6 is 0 Å². The van der Waals surface area contributed by atoms with Crippen molar-refractivity contribution in [1.29, 1.82) is 0 Å². The highest BCUT2D eigenvalue weighted by Crippen LogP contribution is 2.67. The molecule has 2 heteroatoms. The lowest BCUT2D eigenvalue weighted by Crippen LogP contribution is -2.33. The summed E-state index contributed by atoms with van der Waals surface area (Å²) in [5, 5.41) is 3.52. The molecule has 4 fully saturated rings. The molecule has 1 heterocycles. The second-order valence-corrected chi connectivity index (χ2v) is 6.12. The van der Waals surface area contributed by atoms with E-state index in [1.165, 1.54) is 32.6 Å². The molecule has 0 aromatic rings. The fourth-order valence-electron chi connectivity index (χ4n) is 4.93. The van der Waals surface area contributed by atoms with Crippen LogP contribution in [0.5, 0.6) is 0 Å². The van der Waals surface area contributed by atoms with Gasteiger partial charge in [0.2, 0.25) is 0 Å². The molecule has 0 spiro atoms. The fourth-order valence-corrected chi connectivity index (χ4v) is 4.93. The summed E-state index contributed by atoms with van der Waals surface area (Å²) in [6, 6.07) is 1.02. The van der Waals surface area contributed by atoms with Crippen LogP contribution in [-0.2, 0) is 0 Å². The van der Waals surface area contributed by atoms with E-state index in [1.54, 1.807) is 19.3 Å². The first-order valence-corrected chi connectivity index (χ1v) is 6.90. The lowest BCUT2D eigenvalue weighted by molar-refractivity contribution is 0.233. The largest absolute Gasteiger partial charge is 0.315 e. The highest BCUT2D eigenvalue weighted by Gasteiger charge is 2.66. The Morgan fingerprint density at radius 2 is 1.73 bits per heavy atom. The molecule has 1 N–H and O–H groups in total. The van der Waals surface area contributed by atoms with Crippen molar-refractivity contribution in [3.8, 4) is 0 Å². The summed E-state index contributed by atoms with van der Waals surface area (Å²) in [7, 11) is 0. The van der Waals surface area contributed by atoms with Gasteiger partial charge in [0.1, 0.15) is 0 Å². The minimum Gasteiger partial charge on any atom is -0.315 e. The molecule has 3 aliphatic carbocycles. The van der Waals surface area contributed by atoms with Crippen molar-refractivity contribution in [2.75, 3.05) is 26.2 Å². The fraction of sp³-hybridized carbons (Fsp3) is 1.00. The first-order chi connectivity index (χ1) is 7.45. The highest BCUT2D eigenvalue weighted by molar-refractivity contribution is 5.17. The van der Waals surface area contributed by atoms with Crippen LogP contribution in [-0.4, -0.2) is 37.1 Å². The van der Waals surface area contributed by atoms with Gasteiger partial charge in [-0.25, -0.2) is 0 Å². The normalized spacial score (nSPS) is 54.0. The molecule has 1 aliphatic heterocycles. The van der Waals surface area contributed by atoms with Crippen molar-refractivity contribution >= 4 is 0 Å². The van der Waals surface area contributed by atoms with Crippen LogP contribution in [0, 0.1) is 23.7 Å². The minimum absolute atomic E-state index is 1.02. The van der Waals surface area contributed by atoms with E-state index in [9.17, 15) is 0 Å². The predicted octanol–water partition coefficient (Wildman–Crippen LogP) is 1.33. The van der Waals surface area contributed by atoms with Crippen molar-refractivity contribution in [3.05, 3.63) is 0 Å². The second-order valence-electron chi connectivity index (χ2n) is 6.12. The summed E-state index contributed by atoms with van der Waals surface area (Å²) in [5.74, 6) is 4.56. The standard InChI is InChI=1S/C13H22N2/c1-4-14-5-7-15(6-1)13-11-9-2-3-10(8-9)12(11)13/h9-14H,1-8H2. The molecular formula is C13H22N2. The SMILES string of the molecule is C1CNCCN(C2C3C4CCC(C4)C32)C1. The predicted molar refractivity (Wildman–Crippen MR) is 60.7 cm³/mol. The van der Waals surface area contributed by atoms with Crippen LogP contribution in [0.15, 0.2) is 0 Å². The van der Waals surface area contributed by atoms with Crippen molar-refractivity contribution < 1.29 is 0 Å². The minimum atomic E-state index is 1.02. The van der Waals surface area contributed by atoms with Crippen LogP contribution < -0.4 is 5.32 Å². The molecule has 1 saturated heterocycles. The van der Waals surface area contributed by atoms with Gasteiger partial charge in [0, 0.05) is 19.1 Å². The summed E-state index contributed by atoms with van der Waals surface area (Å²) in [6.45, 7) is 5.15. The van der Waals surface area contributed by atoms with Gasteiger partial charge in [-0.15, -0.1) is 0 Å². The maximum absolute atomic E-state index is 3.52. The van der Waals surface area contributed by atoms with Gasteiger partial charge < -0.3 is 5.32 Å². The van der Waals surface area contributed by atoms with Gasteiger partial charge >= 0.3 is 0 Å². The van der Waals surface area contributed by atoms with E-state index in [2.05, 4.69) is 10.2 Å². The van der Waals surface area contributed by atoms with E-state index in [4.69, 9.17) is 0 Å². The van der Waals surface area contributed by atoms with E-state index in [-0.39, 0.29) is 0 Å². The molecule has 15 heavy (non-hydrogen) atoms. The van der Waals surface area contributed by atoms with Crippen molar-refractivity contribution in [2.45, 2.75) is 31.7 Å². The monoisotopic (exact) mass is 206 g/mol. The number of fused-ring (bicyclic) bond motifs is 5. The average molecular weight is 206 g/mol. The molecule has 0 aromatic heterocycles. The van der Waals surface area contributed by atoms with Gasteiger partial charge in [0.15, 0.2) is 0 Å². The van der Waals surface area contributed by atoms with Crippen molar-refractivity contribution in [1.82, 2.24) is 10.2 Å². The topological polar surface area (TPSA) is 15.3 Å². The van der Waals surface area contributed by atoms with Gasteiger partial charge in [0.05, 0.1) is 0 Å². The van der Waals surface area contributed by atoms with Crippen LogP contribution in [0.25, 0.3) is 0 Å². The lowest BCUT2D eigenvalue weighted by Gasteiger charge is -2.23. The van der Waals surface area contributed by atoms with E-state index in [0.29, 0.717) is 0 Å². The number of nitrogens with zero attached hydrogens (tertiary/aromatic N) is 1. The van der Waals surface area contributed by atoms with Crippen molar-refractivity contribution in [2.24, 2.45) is 23.7 Å². The van der Waals surface area contributed by atoms with E-state index < -0.39 is 0 Å². The Labute approximate surface area is 92.4 Å². The molecule has 4 aliphatic rings. The summed E-state index contributed by atoms with van der Waals surface area (Å²) in [6.07, 6.45) is 6.09. The molecule has 0 amide bonds. The average Bonchev–Trinajstić information content (AvgIpc) is 2.82. The summed E-state index contributed by atoms with van der Waals surface area (Å²) < 4.78 is 0. The maximum Gasteiger partial charge on any atom is 0.0164 e. The van der Waals surface area contributed by atoms with Crippen LogP contribution in [0.1, 0.15) is 25.7 Å². The van der Waals surface area contributed by atoms with Crippen LogP contribution in [0.2, 0.25) is 0 Å². The number of nitrogens with one attached hydrogen (secondary N) is 1. The van der Waals surface area contributed by atoms with Crippen LogP contribution in [0.4, 0.5) is 0 Å². The summed E-state index contributed by atoms with van der Waals surface area (Å²) >= 11 is 0. The zero-order valence-electron chi connectivity index (χ0n) is 9.49. The third-order valence-corrected chi connectivity index (χ3v) is 5.49. The molecular weight excluding hydrogens is 184 g/mol. The van der Waals surface area contributed by atoms with E-state index in [1.807, 2.05) is 0 Å². The Kier molecular flexibility index (Phi) is 1.92. The molecule has 4 unspecified atom stereocenters. The molecule has 0 radical (unpaired) electrons. The molecule has 2 bridgehead atoms. The van der Waals surface area contributed by atoms with Crippen LogP contribution in [0.3, 0.4) is 0 Å². The highest BCUT2D eigenvalue weighted by atomic mass is 15.2. The summed E-state index contributed by atoms with van der Waals surface area (Å²) in [4.78, 5) is 2.82. The Balaban J connectivity index is 1.47. The number of hydrogen-bond donors (Lipinski definition) is 1. The quantitative estimate of drug-likeness (QED) is 0.696. The zero-order chi connectivity index (χ0) is 9.83. The Hall–Kier alpha value is -0.0800. The molecule has 4 rings (SSSR count). The Morgan fingerprint density at radius 1 is 0.933 bits per heavy atom. The van der Waals surface area contributed by atoms with Gasteiger partial charge in [-0.2, -0.15) is 0 Å². The third-order valence-electron chi connectivity index (χ3n) is 5.49. The first kappa shape index (κ1) is 9.00. The Bertz CT molecular complexity index is 241. The number of hydrogen-bond acceptors (Lipinski definition) is 2. The molecule has 2 nitrogen and oxygen atoms in total. The lowest BCUT2D eigenvalue weighted by atomic mass is 10.0. The molecule has 3 saturated carbocycles. The summed E-state index contributed by atoms with van der Waals surface area (Å²) in [5.41, 5.74) is 0. The third kappa shape index (κ3) is 1.24.